The Kier molecular flexibility index (Phi) is 3.22. The topological polar surface area (TPSA) is 43.1 Å². The van der Waals surface area contributed by atoms with Crippen molar-refractivity contribution in [3.8, 4) is 0 Å². The van der Waals surface area contributed by atoms with Gasteiger partial charge in [-0.2, -0.15) is 0 Å². The third kappa shape index (κ3) is 2.51. The van der Waals surface area contributed by atoms with Gasteiger partial charge in [-0.05, 0) is 43.7 Å². The molecule has 0 amide bonds. The van der Waals surface area contributed by atoms with E-state index < -0.39 is 0 Å². The quantitative estimate of drug-likeness (QED) is 0.662. The molecule has 88 valence electrons. The summed E-state index contributed by atoms with van der Waals surface area (Å²) in [5.41, 5.74) is 7.73. The van der Waals surface area contributed by atoms with Gasteiger partial charge in [0, 0.05) is 21.2 Å². The van der Waals surface area contributed by atoms with E-state index in [1.54, 1.807) is 18.2 Å². The minimum Gasteiger partial charge on any atom is -0.399 e. The maximum Gasteiger partial charge on any atom is 0.203 e. The van der Waals surface area contributed by atoms with Gasteiger partial charge in [-0.15, -0.1) is 11.3 Å². The Morgan fingerprint density at radius 3 is 2.47 bits per heavy atom. The minimum absolute atomic E-state index is 0.0187. The number of nitrogen functional groups attached to an aromatic ring is 1. The highest BCUT2D eigenvalue weighted by Gasteiger charge is 2.15. The smallest absolute Gasteiger partial charge is 0.203 e. The van der Waals surface area contributed by atoms with Crippen molar-refractivity contribution in [1.82, 2.24) is 0 Å². The second-order valence-electron chi connectivity index (χ2n) is 3.97. The molecule has 0 radical (unpaired) electrons. The van der Waals surface area contributed by atoms with Gasteiger partial charge in [-0.25, -0.2) is 0 Å². The van der Waals surface area contributed by atoms with Crippen molar-refractivity contribution in [2.24, 2.45) is 0 Å². The van der Waals surface area contributed by atoms with Gasteiger partial charge < -0.3 is 5.73 Å². The molecule has 0 saturated heterocycles. The molecule has 0 atom stereocenters. The molecule has 0 aliphatic rings. The van der Waals surface area contributed by atoms with E-state index in [0.29, 0.717) is 16.3 Å². The van der Waals surface area contributed by atoms with Crippen LogP contribution in [0, 0.1) is 13.8 Å². The Bertz CT molecular complexity index is 569. The fourth-order valence-corrected chi connectivity index (χ4v) is 2.97. The summed E-state index contributed by atoms with van der Waals surface area (Å²) in [6.45, 7) is 3.92. The molecule has 2 aromatic rings. The predicted molar refractivity (Wildman–Crippen MR) is 73.1 cm³/mol. The van der Waals surface area contributed by atoms with Crippen LogP contribution in [-0.4, -0.2) is 5.78 Å². The maximum atomic E-state index is 12.3. The van der Waals surface area contributed by atoms with Gasteiger partial charge in [0.1, 0.15) is 0 Å². The van der Waals surface area contributed by atoms with Gasteiger partial charge in [-0.3, -0.25) is 4.79 Å². The first kappa shape index (κ1) is 12.1. The zero-order valence-electron chi connectivity index (χ0n) is 9.58. The number of hydrogen-bond acceptors (Lipinski definition) is 3. The van der Waals surface area contributed by atoms with Gasteiger partial charge in [-0.1, -0.05) is 11.6 Å². The largest absolute Gasteiger partial charge is 0.399 e. The molecule has 2 rings (SSSR count). The summed E-state index contributed by atoms with van der Waals surface area (Å²) in [4.78, 5) is 14.2. The fourth-order valence-electron chi connectivity index (χ4n) is 1.74. The van der Waals surface area contributed by atoms with E-state index in [4.69, 9.17) is 17.3 Å². The monoisotopic (exact) mass is 265 g/mol. The molecular weight excluding hydrogens is 254 g/mol. The molecule has 1 heterocycles. The van der Waals surface area contributed by atoms with E-state index in [-0.39, 0.29) is 5.78 Å². The lowest BCUT2D eigenvalue weighted by molar-refractivity contribution is 0.104. The summed E-state index contributed by atoms with van der Waals surface area (Å²) in [6, 6.07) is 6.94. The molecular formula is C13H12ClNOS. The van der Waals surface area contributed by atoms with E-state index in [0.717, 1.165) is 15.3 Å². The molecule has 0 spiro atoms. The van der Waals surface area contributed by atoms with Gasteiger partial charge >= 0.3 is 0 Å². The molecule has 0 fully saturated rings. The first-order valence-electron chi connectivity index (χ1n) is 5.15. The van der Waals surface area contributed by atoms with Crippen LogP contribution in [0.15, 0.2) is 24.3 Å². The number of ketones is 1. The number of hydrogen-bond donors (Lipinski definition) is 1. The van der Waals surface area contributed by atoms with Gasteiger partial charge in [0.2, 0.25) is 5.78 Å². The highest BCUT2D eigenvalue weighted by molar-refractivity contribution is 7.14. The summed E-state index contributed by atoms with van der Waals surface area (Å²) in [5, 5.41) is 0.485. The molecule has 0 aliphatic carbocycles. The average molecular weight is 266 g/mol. The van der Waals surface area contributed by atoms with Crippen LogP contribution >= 0.6 is 22.9 Å². The predicted octanol–water partition coefficient (Wildman–Crippen LogP) is 3.83. The van der Waals surface area contributed by atoms with Crippen molar-refractivity contribution in [3.63, 3.8) is 0 Å². The van der Waals surface area contributed by atoms with Crippen LogP contribution in [0.25, 0.3) is 0 Å². The number of nitrogens with two attached hydrogens (primary N) is 1. The Morgan fingerprint density at radius 2 is 1.94 bits per heavy atom. The lowest BCUT2D eigenvalue weighted by atomic mass is 10.1. The molecule has 4 heteroatoms. The van der Waals surface area contributed by atoms with Crippen LogP contribution in [0.2, 0.25) is 5.02 Å². The summed E-state index contributed by atoms with van der Waals surface area (Å²) in [5.74, 6) is -0.0187. The highest BCUT2D eigenvalue weighted by Crippen LogP contribution is 2.26. The first-order chi connectivity index (χ1) is 7.97. The molecule has 1 aromatic carbocycles. The average Bonchev–Trinajstić information content (AvgIpc) is 2.55. The van der Waals surface area contributed by atoms with E-state index in [1.165, 1.54) is 11.3 Å². The normalized spacial score (nSPS) is 10.5. The van der Waals surface area contributed by atoms with Crippen molar-refractivity contribution < 1.29 is 4.79 Å². The third-order valence-electron chi connectivity index (χ3n) is 2.43. The molecule has 1 aromatic heterocycles. The van der Waals surface area contributed by atoms with E-state index in [1.807, 2.05) is 19.9 Å². The van der Waals surface area contributed by atoms with Crippen LogP contribution in [0.5, 0.6) is 0 Å². The third-order valence-corrected chi connectivity index (χ3v) is 3.80. The summed E-state index contributed by atoms with van der Waals surface area (Å²) >= 11 is 7.39. The van der Waals surface area contributed by atoms with Crippen molar-refractivity contribution in [3.05, 3.63) is 50.2 Å². The van der Waals surface area contributed by atoms with Crippen LogP contribution < -0.4 is 5.73 Å². The van der Waals surface area contributed by atoms with Gasteiger partial charge in [0.05, 0.1) is 4.88 Å². The number of carbonyl (C=O) groups is 1. The van der Waals surface area contributed by atoms with Crippen molar-refractivity contribution in [2.45, 2.75) is 13.8 Å². The second kappa shape index (κ2) is 4.51. The number of carbonyl (C=O) groups excluding carboxylic acids is 1. The van der Waals surface area contributed by atoms with Crippen LogP contribution in [-0.2, 0) is 0 Å². The zero-order chi connectivity index (χ0) is 12.6. The number of rotatable bonds is 2. The maximum absolute atomic E-state index is 12.3. The number of halogens is 1. The van der Waals surface area contributed by atoms with Crippen LogP contribution in [0.3, 0.4) is 0 Å². The number of anilines is 1. The van der Waals surface area contributed by atoms with Crippen molar-refractivity contribution in [1.29, 1.82) is 0 Å². The first-order valence-corrected chi connectivity index (χ1v) is 6.34. The lowest BCUT2D eigenvalue weighted by Crippen LogP contribution is -2.01. The summed E-state index contributed by atoms with van der Waals surface area (Å²) in [7, 11) is 0. The minimum atomic E-state index is -0.0187. The van der Waals surface area contributed by atoms with E-state index >= 15 is 0 Å². The molecule has 0 bridgehead atoms. The molecule has 17 heavy (non-hydrogen) atoms. The van der Waals surface area contributed by atoms with Gasteiger partial charge in [0.15, 0.2) is 0 Å². The fraction of sp³-hybridized carbons (Fsp3) is 0.154. The van der Waals surface area contributed by atoms with Crippen LogP contribution in [0.4, 0.5) is 5.69 Å². The number of benzene rings is 1. The number of aryl methyl sites for hydroxylation is 2. The molecule has 0 aliphatic heterocycles. The molecule has 0 unspecified atom stereocenters. The van der Waals surface area contributed by atoms with Crippen molar-refractivity contribution >= 4 is 34.4 Å². The van der Waals surface area contributed by atoms with Gasteiger partial charge in [0.25, 0.3) is 0 Å². The molecule has 2 nitrogen and oxygen atoms in total. The van der Waals surface area contributed by atoms with Crippen LogP contribution in [0.1, 0.15) is 25.7 Å². The van der Waals surface area contributed by atoms with Crippen molar-refractivity contribution in [2.75, 3.05) is 5.73 Å². The second-order valence-corrected chi connectivity index (χ2v) is 5.66. The zero-order valence-corrected chi connectivity index (χ0v) is 11.2. The lowest BCUT2D eigenvalue weighted by Gasteiger charge is -2.02. The Hall–Kier alpha value is -1.32. The Morgan fingerprint density at radius 1 is 1.24 bits per heavy atom. The van der Waals surface area contributed by atoms with E-state index in [9.17, 15) is 4.79 Å². The number of thiophene rings is 1. The highest BCUT2D eigenvalue weighted by atomic mass is 35.5. The SMILES string of the molecule is Cc1cc(C)c(C(=O)c2cc(N)cc(Cl)c2)s1. The van der Waals surface area contributed by atoms with E-state index in [2.05, 4.69) is 0 Å². The standard InChI is InChI=1S/C13H12ClNOS/c1-7-3-8(2)17-13(7)12(16)9-4-10(14)6-11(15)5-9/h3-6H,15H2,1-2H3. The Balaban J connectivity index is 2.47. The summed E-state index contributed by atoms with van der Waals surface area (Å²) < 4.78 is 0. The molecule has 2 N–H and O–H groups in total. The summed E-state index contributed by atoms with van der Waals surface area (Å²) in [6.07, 6.45) is 0. The molecule has 0 saturated carbocycles. The Labute approximate surface area is 109 Å².